The molecule has 0 fully saturated rings. The lowest BCUT2D eigenvalue weighted by Gasteiger charge is -2.12. The summed E-state index contributed by atoms with van der Waals surface area (Å²) in [5.41, 5.74) is 2.23. The van der Waals surface area contributed by atoms with E-state index in [1.54, 1.807) is 29.9 Å². The fraction of sp³-hybridized carbons (Fsp3) is 0.192. The van der Waals surface area contributed by atoms with Gasteiger partial charge in [0.1, 0.15) is 16.2 Å². The van der Waals surface area contributed by atoms with Crippen LogP contribution in [0, 0.1) is 11.2 Å². The number of halogens is 1. The molecule has 4 rings (SSSR count). The highest BCUT2D eigenvalue weighted by Gasteiger charge is 2.19. The SMILES string of the molecule is Cn1c(=O)/c(=C\c2cn(-c3ccccc3)nc2-c2ccc(F)cc2)s/c1=C\C(=O)C(C)(C)C. The molecule has 0 aliphatic heterocycles. The van der Waals surface area contributed by atoms with Crippen molar-refractivity contribution in [3.05, 3.63) is 91.7 Å². The van der Waals surface area contributed by atoms with Crippen LogP contribution in [0.5, 0.6) is 0 Å². The molecule has 2 aromatic carbocycles. The fourth-order valence-electron chi connectivity index (χ4n) is 3.22. The first-order valence-corrected chi connectivity index (χ1v) is 11.3. The highest BCUT2D eigenvalue weighted by molar-refractivity contribution is 7.07. The molecule has 7 heteroatoms. The Morgan fingerprint density at radius 1 is 1.06 bits per heavy atom. The molecule has 0 N–H and O–H groups in total. The van der Waals surface area contributed by atoms with E-state index in [0.717, 1.165) is 16.8 Å². The summed E-state index contributed by atoms with van der Waals surface area (Å²) >= 11 is 1.26. The van der Waals surface area contributed by atoms with E-state index in [4.69, 9.17) is 5.10 Å². The minimum Gasteiger partial charge on any atom is -0.302 e. The molecule has 33 heavy (non-hydrogen) atoms. The van der Waals surface area contributed by atoms with Crippen LogP contribution in [0.4, 0.5) is 4.39 Å². The highest BCUT2D eigenvalue weighted by atomic mass is 32.1. The summed E-state index contributed by atoms with van der Waals surface area (Å²) < 4.78 is 17.8. The van der Waals surface area contributed by atoms with E-state index in [-0.39, 0.29) is 17.2 Å². The summed E-state index contributed by atoms with van der Waals surface area (Å²) in [6, 6.07) is 15.7. The van der Waals surface area contributed by atoms with Gasteiger partial charge in [0.25, 0.3) is 5.56 Å². The molecule has 2 aromatic heterocycles. The molecule has 0 amide bonds. The monoisotopic (exact) mass is 461 g/mol. The first-order valence-electron chi connectivity index (χ1n) is 10.5. The average molecular weight is 462 g/mol. The standard InChI is InChI=1S/C26H24FN3O2S/c1-26(2,3)22(31)15-23-29(4)25(32)21(33-23)14-18-16-30(20-8-6-5-7-9-20)28-24(18)17-10-12-19(27)13-11-17/h5-16H,1-4H3/b21-14+,23-15-. The Kier molecular flexibility index (Phi) is 5.99. The maximum Gasteiger partial charge on any atom is 0.268 e. The number of para-hydroxylation sites is 1. The van der Waals surface area contributed by atoms with E-state index < -0.39 is 5.41 Å². The Bertz CT molecular complexity index is 1490. The van der Waals surface area contributed by atoms with Crippen molar-refractivity contribution >= 4 is 29.3 Å². The number of hydrogen-bond acceptors (Lipinski definition) is 4. The predicted molar refractivity (Wildman–Crippen MR) is 130 cm³/mol. The van der Waals surface area contributed by atoms with E-state index in [2.05, 4.69) is 0 Å². The number of benzene rings is 2. The van der Waals surface area contributed by atoms with Gasteiger partial charge >= 0.3 is 0 Å². The number of hydrogen-bond donors (Lipinski definition) is 0. The molecule has 0 radical (unpaired) electrons. The molecule has 4 aromatic rings. The molecule has 0 bridgehead atoms. The van der Waals surface area contributed by atoms with Crippen LogP contribution in [0.25, 0.3) is 29.1 Å². The molecule has 0 unspecified atom stereocenters. The van der Waals surface area contributed by atoms with Crippen LogP contribution in [-0.2, 0) is 11.8 Å². The quantitative estimate of drug-likeness (QED) is 0.466. The van der Waals surface area contributed by atoms with Crippen molar-refractivity contribution in [2.24, 2.45) is 12.5 Å². The van der Waals surface area contributed by atoms with Gasteiger partial charge in [-0.2, -0.15) is 5.10 Å². The first kappa shape index (κ1) is 22.6. The van der Waals surface area contributed by atoms with E-state index in [1.165, 1.54) is 34.1 Å². The Morgan fingerprint density at radius 3 is 2.36 bits per heavy atom. The Balaban J connectivity index is 1.91. The number of ketones is 1. The zero-order valence-corrected chi connectivity index (χ0v) is 19.7. The van der Waals surface area contributed by atoms with Gasteiger partial charge in [-0.1, -0.05) is 39.0 Å². The molecular weight excluding hydrogens is 437 g/mol. The fourth-order valence-corrected chi connectivity index (χ4v) is 4.24. The van der Waals surface area contributed by atoms with Gasteiger partial charge in [0.05, 0.1) is 10.2 Å². The lowest BCUT2D eigenvalue weighted by atomic mass is 9.91. The van der Waals surface area contributed by atoms with Crippen LogP contribution in [0.3, 0.4) is 0 Å². The lowest BCUT2D eigenvalue weighted by molar-refractivity contribution is -0.120. The zero-order valence-electron chi connectivity index (χ0n) is 18.9. The predicted octanol–water partition coefficient (Wildman–Crippen LogP) is 3.66. The van der Waals surface area contributed by atoms with E-state index in [9.17, 15) is 14.0 Å². The number of rotatable bonds is 4. The van der Waals surface area contributed by atoms with Gasteiger partial charge < -0.3 is 4.57 Å². The van der Waals surface area contributed by atoms with Gasteiger partial charge in [0.15, 0.2) is 5.78 Å². The van der Waals surface area contributed by atoms with Crippen LogP contribution >= 0.6 is 11.3 Å². The maximum absolute atomic E-state index is 13.5. The van der Waals surface area contributed by atoms with Crippen molar-refractivity contribution in [1.82, 2.24) is 14.3 Å². The van der Waals surface area contributed by atoms with Crippen molar-refractivity contribution in [2.45, 2.75) is 20.8 Å². The van der Waals surface area contributed by atoms with Crippen molar-refractivity contribution in [3.8, 4) is 16.9 Å². The third kappa shape index (κ3) is 4.78. The summed E-state index contributed by atoms with van der Waals surface area (Å²) in [4.78, 5) is 25.4. The number of Topliss-reactive ketones (excluding diaryl/α,β-unsaturated/α-hetero) is 1. The largest absolute Gasteiger partial charge is 0.302 e. The molecule has 168 valence electrons. The van der Waals surface area contributed by atoms with Gasteiger partial charge in [-0.3, -0.25) is 9.59 Å². The molecule has 0 aliphatic carbocycles. The van der Waals surface area contributed by atoms with Crippen molar-refractivity contribution in [2.75, 3.05) is 0 Å². The van der Waals surface area contributed by atoms with Crippen LogP contribution in [0.15, 0.2) is 65.6 Å². The second-order valence-electron chi connectivity index (χ2n) is 8.79. The molecular formula is C26H24FN3O2S. The summed E-state index contributed by atoms with van der Waals surface area (Å²) in [5, 5.41) is 4.71. The average Bonchev–Trinajstić information content (AvgIpc) is 3.31. The minimum atomic E-state index is -0.531. The Hall–Kier alpha value is -3.58. The summed E-state index contributed by atoms with van der Waals surface area (Å²) in [5.74, 6) is -0.377. The van der Waals surface area contributed by atoms with E-state index in [0.29, 0.717) is 14.9 Å². The molecule has 2 heterocycles. The lowest BCUT2D eigenvalue weighted by Crippen LogP contribution is -2.30. The zero-order chi connectivity index (χ0) is 23.8. The van der Waals surface area contributed by atoms with E-state index >= 15 is 0 Å². The van der Waals surface area contributed by atoms with Crippen LogP contribution in [-0.4, -0.2) is 20.1 Å². The van der Waals surface area contributed by atoms with Gasteiger partial charge in [0.2, 0.25) is 0 Å². The van der Waals surface area contributed by atoms with Crippen LogP contribution < -0.4 is 14.8 Å². The molecule has 0 saturated carbocycles. The number of carbonyl (C=O) groups is 1. The summed E-state index contributed by atoms with van der Waals surface area (Å²) in [6.07, 6.45) is 5.14. The number of nitrogens with zero attached hydrogens (tertiary/aromatic N) is 3. The third-order valence-corrected chi connectivity index (χ3v) is 6.34. The first-order chi connectivity index (χ1) is 15.6. The number of thiazole rings is 1. The van der Waals surface area contributed by atoms with Crippen LogP contribution in [0.1, 0.15) is 26.3 Å². The summed E-state index contributed by atoms with van der Waals surface area (Å²) in [6.45, 7) is 5.53. The molecule has 0 spiro atoms. The summed E-state index contributed by atoms with van der Waals surface area (Å²) in [7, 11) is 1.66. The number of aromatic nitrogens is 3. The second-order valence-corrected chi connectivity index (χ2v) is 9.85. The highest BCUT2D eigenvalue weighted by Crippen LogP contribution is 2.24. The van der Waals surface area contributed by atoms with Gasteiger partial charge in [-0.05, 0) is 42.5 Å². The smallest absolute Gasteiger partial charge is 0.268 e. The van der Waals surface area contributed by atoms with Crippen molar-refractivity contribution in [1.29, 1.82) is 0 Å². The number of carbonyl (C=O) groups excluding carboxylic acids is 1. The van der Waals surface area contributed by atoms with Gasteiger partial charge in [-0.15, -0.1) is 11.3 Å². The Morgan fingerprint density at radius 2 is 1.73 bits per heavy atom. The minimum absolute atomic E-state index is 0.0465. The molecule has 5 nitrogen and oxygen atoms in total. The Labute approximate surface area is 194 Å². The maximum atomic E-state index is 13.5. The topological polar surface area (TPSA) is 56.9 Å². The van der Waals surface area contributed by atoms with Crippen molar-refractivity contribution in [3.63, 3.8) is 0 Å². The normalized spacial score (nSPS) is 13.0. The second kappa shape index (κ2) is 8.75. The third-order valence-electron chi connectivity index (χ3n) is 5.22. The van der Waals surface area contributed by atoms with E-state index in [1.807, 2.05) is 57.3 Å². The van der Waals surface area contributed by atoms with Crippen molar-refractivity contribution < 1.29 is 9.18 Å². The van der Waals surface area contributed by atoms with Gasteiger partial charge in [0, 0.05) is 35.9 Å². The molecule has 0 aliphatic rings. The van der Waals surface area contributed by atoms with Crippen LogP contribution in [0.2, 0.25) is 0 Å². The molecule has 0 saturated heterocycles. The van der Waals surface area contributed by atoms with Gasteiger partial charge in [-0.25, -0.2) is 9.07 Å². The molecule has 0 atom stereocenters.